The van der Waals surface area contributed by atoms with E-state index in [4.69, 9.17) is 4.74 Å². The van der Waals surface area contributed by atoms with E-state index in [9.17, 15) is 4.79 Å². The molecule has 0 amide bonds. The summed E-state index contributed by atoms with van der Waals surface area (Å²) in [6, 6.07) is 31.2. The molecule has 0 radical (unpaired) electrons. The molecule has 0 spiro atoms. The predicted molar refractivity (Wildman–Crippen MR) is 127 cm³/mol. The standard InChI is InChI=1S/C29H31NO2/c1-29(24-13-7-3-8-14-24,25-15-9-4-10-16-25)28(31)32-27-18-23-17-26(19-27)30(21-23)20-22-11-5-2-6-12-22/h2-16,23,26-27H,17-21H2,1H3/t23-,26+,27?/m0/s1. The summed E-state index contributed by atoms with van der Waals surface area (Å²) in [7, 11) is 0. The Morgan fingerprint density at radius 2 is 1.41 bits per heavy atom. The Morgan fingerprint density at radius 3 is 2.00 bits per heavy atom. The molecule has 0 N–H and O–H groups in total. The molecule has 3 aromatic rings. The minimum atomic E-state index is -0.817. The van der Waals surface area contributed by atoms with Crippen LogP contribution in [0.5, 0.6) is 0 Å². The van der Waals surface area contributed by atoms with E-state index in [0.29, 0.717) is 12.0 Å². The van der Waals surface area contributed by atoms with Gasteiger partial charge in [0.05, 0.1) is 0 Å². The van der Waals surface area contributed by atoms with Crippen LogP contribution in [0, 0.1) is 5.92 Å². The van der Waals surface area contributed by atoms with E-state index in [-0.39, 0.29) is 12.1 Å². The van der Waals surface area contributed by atoms with Gasteiger partial charge in [-0.3, -0.25) is 9.69 Å². The third kappa shape index (κ3) is 4.10. The summed E-state index contributed by atoms with van der Waals surface area (Å²) < 4.78 is 6.28. The fraction of sp³-hybridized carbons (Fsp3) is 0.345. The molecule has 5 rings (SSSR count). The lowest BCUT2D eigenvalue weighted by molar-refractivity contribution is -0.156. The lowest BCUT2D eigenvalue weighted by atomic mass is 9.76. The molecule has 164 valence electrons. The van der Waals surface area contributed by atoms with Crippen LogP contribution in [-0.2, 0) is 21.5 Å². The molecule has 1 saturated heterocycles. The Balaban J connectivity index is 1.33. The highest BCUT2D eigenvalue weighted by Gasteiger charge is 2.44. The number of nitrogens with zero attached hydrogens (tertiary/aromatic N) is 1. The molecule has 1 heterocycles. The van der Waals surface area contributed by atoms with Gasteiger partial charge in [-0.05, 0) is 48.8 Å². The molecule has 0 aromatic heterocycles. The van der Waals surface area contributed by atoms with Crippen molar-refractivity contribution in [3.63, 3.8) is 0 Å². The van der Waals surface area contributed by atoms with Crippen LogP contribution in [0.3, 0.4) is 0 Å². The average molecular weight is 426 g/mol. The normalized spacial score (nSPS) is 23.1. The van der Waals surface area contributed by atoms with Gasteiger partial charge in [0.1, 0.15) is 11.5 Å². The van der Waals surface area contributed by atoms with Gasteiger partial charge in [-0.25, -0.2) is 0 Å². The zero-order valence-electron chi connectivity index (χ0n) is 18.7. The van der Waals surface area contributed by atoms with Gasteiger partial charge in [0, 0.05) is 19.1 Å². The minimum absolute atomic E-state index is 0.0150. The topological polar surface area (TPSA) is 29.5 Å². The second-order valence-corrected chi connectivity index (χ2v) is 9.53. The summed E-state index contributed by atoms with van der Waals surface area (Å²) >= 11 is 0. The molecule has 2 fully saturated rings. The predicted octanol–water partition coefficient (Wildman–Crippen LogP) is 5.59. The zero-order valence-corrected chi connectivity index (χ0v) is 18.7. The number of esters is 1. The number of carbonyl (C=O) groups is 1. The van der Waals surface area contributed by atoms with Crippen molar-refractivity contribution in [2.45, 2.75) is 50.3 Å². The Hall–Kier alpha value is -2.91. The maximum atomic E-state index is 13.7. The van der Waals surface area contributed by atoms with Crippen molar-refractivity contribution in [2.75, 3.05) is 6.54 Å². The van der Waals surface area contributed by atoms with Crippen molar-refractivity contribution in [1.29, 1.82) is 0 Å². The van der Waals surface area contributed by atoms with Crippen LogP contribution in [0.25, 0.3) is 0 Å². The molecule has 1 unspecified atom stereocenters. The third-order valence-electron chi connectivity index (χ3n) is 7.36. The van der Waals surface area contributed by atoms with E-state index < -0.39 is 5.41 Å². The number of carbonyl (C=O) groups excluding carboxylic acids is 1. The number of ether oxygens (including phenoxy) is 1. The Kier molecular flexibility index (Phi) is 5.84. The highest BCUT2D eigenvalue weighted by Crippen LogP contribution is 2.40. The second kappa shape index (κ2) is 8.91. The fourth-order valence-electron chi connectivity index (χ4n) is 5.60. The van der Waals surface area contributed by atoms with Crippen LogP contribution in [0.4, 0.5) is 0 Å². The van der Waals surface area contributed by atoms with Crippen molar-refractivity contribution in [3.8, 4) is 0 Å². The summed E-state index contributed by atoms with van der Waals surface area (Å²) in [5, 5.41) is 0. The Labute approximate surface area is 191 Å². The smallest absolute Gasteiger partial charge is 0.321 e. The summed E-state index contributed by atoms with van der Waals surface area (Å²) in [5.74, 6) is 0.464. The SMILES string of the molecule is CC(C(=O)OC1C[C@@H]2C[C@H](C1)N(Cc1ccccc1)C2)(c1ccccc1)c1ccccc1. The van der Waals surface area contributed by atoms with Crippen molar-refractivity contribution >= 4 is 5.97 Å². The number of benzene rings is 3. The number of fused-ring (bicyclic) bond motifs is 2. The van der Waals surface area contributed by atoms with Gasteiger partial charge in [-0.1, -0.05) is 91.0 Å². The first-order valence-corrected chi connectivity index (χ1v) is 11.7. The zero-order chi connectivity index (χ0) is 22.0. The van der Waals surface area contributed by atoms with Crippen LogP contribution in [0.1, 0.15) is 42.9 Å². The van der Waals surface area contributed by atoms with Gasteiger partial charge < -0.3 is 4.74 Å². The minimum Gasteiger partial charge on any atom is -0.461 e. The molecular weight excluding hydrogens is 394 g/mol. The van der Waals surface area contributed by atoms with Crippen LogP contribution < -0.4 is 0 Å². The van der Waals surface area contributed by atoms with E-state index in [1.165, 1.54) is 12.0 Å². The summed E-state index contributed by atoms with van der Waals surface area (Å²) in [4.78, 5) is 16.3. The number of hydrogen-bond acceptors (Lipinski definition) is 3. The first-order chi connectivity index (χ1) is 15.6. The van der Waals surface area contributed by atoms with Crippen LogP contribution in [-0.4, -0.2) is 29.6 Å². The first kappa shape index (κ1) is 21.0. The largest absolute Gasteiger partial charge is 0.461 e. The highest BCUT2D eigenvalue weighted by molar-refractivity contribution is 5.87. The van der Waals surface area contributed by atoms with Crippen LogP contribution >= 0.6 is 0 Å². The molecule has 1 aliphatic carbocycles. The number of rotatable bonds is 6. The van der Waals surface area contributed by atoms with Gasteiger partial charge in [0.25, 0.3) is 0 Å². The number of likely N-dealkylation sites (tertiary alicyclic amines) is 1. The maximum Gasteiger partial charge on any atom is 0.321 e. The van der Waals surface area contributed by atoms with Gasteiger partial charge in [0.2, 0.25) is 0 Å². The monoisotopic (exact) mass is 425 g/mol. The van der Waals surface area contributed by atoms with E-state index in [1.54, 1.807) is 0 Å². The maximum absolute atomic E-state index is 13.7. The summed E-state index contributed by atoms with van der Waals surface area (Å²) in [5.41, 5.74) is 2.48. The number of hydrogen-bond donors (Lipinski definition) is 0. The van der Waals surface area contributed by atoms with Crippen molar-refractivity contribution in [1.82, 2.24) is 4.90 Å². The molecule has 32 heavy (non-hydrogen) atoms. The summed E-state index contributed by atoms with van der Waals surface area (Å²) in [6.07, 6.45) is 3.09. The first-order valence-electron chi connectivity index (χ1n) is 11.7. The molecule has 2 bridgehead atoms. The van der Waals surface area contributed by atoms with E-state index >= 15 is 0 Å². The molecule has 2 aliphatic rings. The lowest BCUT2D eigenvalue weighted by Crippen LogP contribution is -2.40. The van der Waals surface area contributed by atoms with E-state index in [2.05, 4.69) is 35.2 Å². The molecule has 1 aliphatic heterocycles. The average Bonchev–Trinajstić information content (AvgIpc) is 3.12. The van der Waals surface area contributed by atoms with Crippen molar-refractivity contribution in [3.05, 3.63) is 108 Å². The van der Waals surface area contributed by atoms with E-state index in [1.807, 2.05) is 67.6 Å². The highest BCUT2D eigenvalue weighted by atomic mass is 16.5. The second-order valence-electron chi connectivity index (χ2n) is 9.53. The quantitative estimate of drug-likeness (QED) is 0.482. The fourth-order valence-corrected chi connectivity index (χ4v) is 5.60. The van der Waals surface area contributed by atoms with Gasteiger partial charge >= 0.3 is 5.97 Å². The molecule has 3 nitrogen and oxygen atoms in total. The van der Waals surface area contributed by atoms with Gasteiger partial charge in [-0.15, -0.1) is 0 Å². The van der Waals surface area contributed by atoms with E-state index in [0.717, 1.165) is 37.1 Å². The molecule has 3 heteroatoms. The lowest BCUT2D eigenvalue weighted by Gasteiger charge is -2.34. The van der Waals surface area contributed by atoms with Gasteiger partial charge in [-0.2, -0.15) is 0 Å². The molecule has 1 saturated carbocycles. The molecule has 3 atom stereocenters. The third-order valence-corrected chi connectivity index (χ3v) is 7.36. The Bertz CT molecular complexity index is 995. The van der Waals surface area contributed by atoms with Crippen molar-refractivity contribution in [2.24, 2.45) is 5.92 Å². The van der Waals surface area contributed by atoms with Crippen LogP contribution in [0.2, 0.25) is 0 Å². The Morgan fingerprint density at radius 1 is 0.844 bits per heavy atom. The van der Waals surface area contributed by atoms with Gasteiger partial charge in [0.15, 0.2) is 0 Å². The van der Waals surface area contributed by atoms with Crippen molar-refractivity contribution < 1.29 is 9.53 Å². The molecule has 3 aromatic carbocycles. The summed E-state index contributed by atoms with van der Waals surface area (Å²) in [6.45, 7) is 4.08. The molecular formula is C29H31NO2. The van der Waals surface area contributed by atoms with Crippen LogP contribution in [0.15, 0.2) is 91.0 Å².